The number of rotatable bonds is 11. The van der Waals surface area contributed by atoms with Crippen LogP contribution in [-0.4, -0.2) is 127 Å². The Kier molecular flexibility index (Phi) is 14.8. The lowest BCUT2D eigenvalue weighted by molar-refractivity contribution is -0.261. The number of hydrogen-bond acceptors (Lipinski definition) is 15. The average Bonchev–Trinajstić information content (AvgIpc) is 3.04. The van der Waals surface area contributed by atoms with E-state index in [9.17, 15) is 34.8 Å². The van der Waals surface area contributed by atoms with Gasteiger partial charge in [-0.05, 0) is 111 Å². The van der Waals surface area contributed by atoms with Crippen molar-refractivity contribution in [2.24, 2.45) is 11.8 Å². The summed E-state index contributed by atoms with van der Waals surface area (Å²) in [5.41, 5.74) is -5.20. The maximum absolute atomic E-state index is 14.7. The van der Waals surface area contributed by atoms with Gasteiger partial charge in [0.2, 0.25) is 0 Å². The van der Waals surface area contributed by atoms with Crippen LogP contribution < -0.4 is 0 Å². The molecule has 4 aliphatic rings. The second-order valence-corrected chi connectivity index (χ2v) is 24.3. The molecule has 0 amide bonds. The third-order valence-electron chi connectivity index (χ3n) is 13.3. The van der Waals surface area contributed by atoms with Crippen LogP contribution in [0.3, 0.4) is 0 Å². The van der Waals surface area contributed by atoms with Gasteiger partial charge in [0, 0.05) is 119 Å². The van der Waals surface area contributed by atoms with E-state index in [1.54, 1.807) is 0 Å². The normalized spacial score (nSPS) is 28.3. The Morgan fingerprint density at radius 3 is 0.867 bits per heavy atom. The number of esters is 4. The monoisotopic (exact) mass is 964 g/mol. The second kappa shape index (κ2) is 17.4. The van der Waals surface area contributed by atoms with Gasteiger partial charge in [-0.2, -0.15) is 15.2 Å². The van der Waals surface area contributed by atoms with E-state index >= 15 is 0 Å². The molecule has 0 saturated carbocycles. The van der Waals surface area contributed by atoms with Gasteiger partial charge < -0.3 is 34.6 Å². The average molecular weight is 965 g/mol. The highest BCUT2D eigenvalue weighted by Crippen LogP contribution is 2.44. The van der Waals surface area contributed by atoms with E-state index in [0.29, 0.717) is 25.7 Å². The van der Waals surface area contributed by atoms with Gasteiger partial charge in [-0.1, -0.05) is 0 Å². The van der Waals surface area contributed by atoms with Crippen LogP contribution in [0.1, 0.15) is 175 Å². The third kappa shape index (κ3) is 11.5. The van der Waals surface area contributed by atoms with Crippen molar-refractivity contribution in [2.45, 2.75) is 244 Å². The van der Waals surface area contributed by atoms with Crippen molar-refractivity contribution in [3.05, 3.63) is 0 Å². The number of halogens is 1. The summed E-state index contributed by atoms with van der Waals surface area (Å²) in [5, 5.41) is 36.7. The molecule has 4 heterocycles. The fourth-order valence-corrected chi connectivity index (χ4v) is 11.5. The van der Waals surface area contributed by atoms with Crippen LogP contribution in [-0.2, 0) is 38.1 Å². The summed E-state index contributed by atoms with van der Waals surface area (Å²) in [6, 6.07) is 0. The minimum Gasteiger partial charge on any atom is -0.462 e. The van der Waals surface area contributed by atoms with Crippen molar-refractivity contribution in [2.75, 3.05) is 0 Å². The minimum absolute atomic E-state index is 0.266. The molecule has 0 aromatic heterocycles. The van der Waals surface area contributed by atoms with E-state index < -0.39 is 106 Å². The first kappa shape index (κ1) is 51.0. The van der Waals surface area contributed by atoms with Crippen LogP contribution in [0.2, 0.25) is 0 Å². The number of ether oxygens (including phenoxy) is 4. The van der Waals surface area contributed by atoms with Gasteiger partial charge in [-0.15, -0.1) is 0 Å². The van der Waals surface area contributed by atoms with Crippen LogP contribution in [0, 0.1) is 11.8 Å². The van der Waals surface area contributed by atoms with Gasteiger partial charge in [-0.25, -0.2) is 3.11 Å². The summed E-state index contributed by atoms with van der Waals surface area (Å²) in [5.74, 6) is -6.17. The summed E-state index contributed by atoms with van der Waals surface area (Å²) < 4.78 is 26.9. The van der Waals surface area contributed by atoms with Crippen molar-refractivity contribution in [3.63, 3.8) is 0 Å². The highest BCUT2D eigenvalue weighted by Gasteiger charge is 2.52. The molecular formula is C44H77IN4O11. The zero-order valence-corrected chi connectivity index (χ0v) is 41.5. The third-order valence-corrected chi connectivity index (χ3v) is 16.0. The largest absolute Gasteiger partial charge is 0.462 e. The molecule has 0 aliphatic carbocycles. The molecule has 0 aromatic carbocycles. The van der Waals surface area contributed by atoms with Crippen molar-refractivity contribution < 1.29 is 53.7 Å². The zero-order valence-electron chi connectivity index (χ0n) is 39.3. The highest BCUT2D eigenvalue weighted by atomic mass is 127. The van der Waals surface area contributed by atoms with E-state index in [-0.39, 0.29) is 36.8 Å². The molecule has 16 heteroatoms. The molecule has 0 aromatic rings. The van der Waals surface area contributed by atoms with E-state index in [1.807, 2.05) is 83.1 Å². The molecule has 346 valence electrons. The van der Waals surface area contributed by atoms with E-state index in [1.165, 1.54) is 15.2 Å². The summed E-state index contributed by atoms with van der Waals surface area (Å²) in [7, 11) is 0. The Balaban J connectivity index is 1.72. The predicted octanol–water partition coefficient (Wildman–Crippen LogP) is 7.78. The van der Waals surface area contributed by atoms with Crippen LogP contribution in [0.25, 0.3) is 0 Å². The number of hydroxylamine groups is 6. The first-order chi connectivity index (χ1) is 26.9. The van der Waals surface area contributed by atoms with Crippen LogP contribution in [0.4, 0.5) is 0 Å². The molecule has 4 fully saturated rings. The maximum Gasteiger partial charge on any atom is 0.310 e. The van der Waals surface area contributed by atoms with Gasteiger partial charge in [0.1, 0.15) is 24.4 Å². The zero-order chi connectivity index (χ0) is 46.0. The standard InChI is InChI=1S/C44H77IN4O11/c1-37(2)19-27(20-38(3,4)46(37)45)57-33(50)17-31(35(52)59-29-23-41(9,10)48(55)42(11,12)24-29)32(36(53)60-30-25-43(13,14)49(56)44(15,16)26-30)18-34(51)58-28-21-39(5,6)47(54)40(7,8)22-28/h27-32,54-56H,17-26H2,1-16H3. The Hall–Kier alpha value is -1.67. The molecule has 2 unspecified atom stereocenters. The lowest BCUT2D eigenvalue weighted by Gasteiger charge is -2.51. The number of hydrogen-bond donors (Lipinski definition) is 3. The van der Waals surface area contributed by atoms with Gasteiger partial charge >= 0.3 is 23.9 Å². The molecule has 60 heavy (non-hydrogen) atoms. The summed E-state index contributed by atoms with van der Waals surface area (Å²) in [6.07, 6.45) is -0.846. The van der Waals surface area contributed by atoms with Crippen molar-refractivity contribution in [3.8, 4) is 0 Å². The molecule has 0 spiro atoms. The molecule has 4 rings (SSSR count). The fourth-order valence-electron chi connectivity index (χ4n) is 11.1. The van der Waals surface area contributed by atoms with Gasteiger partial charge in [-0.3, -0.25) is 19.2 Å². The molecule has 15 nitrogen and oxygen atoms in total. The molecular weight excluding hydrogens is 887 g/mol. The highest BCUT2D eigenvalue weighted by molar-refractivity contribution is 14.1. The van der Waals surface area contributed by atoms with Gasteiger partial charge in [0.15, 0.2) is 0 Å². The van der Waals surface area contributed by atoms with Crippen molar-refractivity contribution in [1.29, 1.82) is 0 Å². The van der Waals surface area contributed by atoms with Crippen molar-refractivity contribution >= 4 is 46.7 Å². The lowest BCUT2D eigenvalue weighted by Crippen LogP contribution is -2.61. The quantitative estimate of drug-likeness (QED) is 0.0791. The lowest BCUT2D eigenvalue weighted by atomic mass is 9.79. The Labute approximate surface area is 372 Å². The fraction of sp³-hybridized carbons (Fsp3) is 0.909. The Bertz CT molecular complexity index is 1420. The Morgan fingerprint density at radius 1 is 0.433 bits per heavy atom. The van der Waals surface area contributed by atoms with E-state index in [4.69, 9.17) is 18.9 Å². The first-order valence-corrected chi connectivity index (χ1v) is 22.6. The van der Waals surface area contributed by atoms with E-state index in [2.05, 4.69) is 53.7 Å². The van der Waals surface area contributed by atoms with Crippen LogP contribution in [0.5, 0.6) is 0 Å². The smallest absolute Gasteiger partial charge is 0.310 e. The van der Waals surface area contributed by atoms with Crippen LogP contribution in [0.15, 0.2) is 0 Å². The minimum atomic E-state index is -1.50. The summed E-state index contributed by atoms with van der Waals surface area (Å²) >= 11 is 2.31. The second-order valence-electron chi connectivity index (χ2n) is 23.3. The van der Waals surface area contributed by atoms with Crippen molar-refractivity contribution in [1.82, 2.24) is 18.3 Å². The maximum atomic E-state index is 14.7. The SMILES string of the molecule is CC1(C)CC(OC(=O)CC(C(=O)OC2CC(C)(C)N(O)C(C)(C)C2)C(CC(=O)OC2CC(C)(C)N(I)C(C)(C)C2)C(=O)OC2CC(C)(C)N(O)C(C)(C)C2)CC(C)(C)N1O. The number of carbonyl (C=O) groups is 4. The molecule has 0 bridgehead atoms. The first-order valence-electron chi connectivity index (χ1n) is 21.7. The number of piperidine rings is 4. The van der Waals surface area contributed by atoms with Gasteiger partial charge in [0.25, 0.3) is 0 Å². The molecule has 4 saturated heterocycles. The predicted molar refractivity (Wildman–Crippen MR) is 232 cm³/mol. The molecule has 0 radical (unpaired) electrons. The number of nitrogens with zero attached hydrogens (tertiary/aromatic N) is 4. The van der Waals surface area contributed by atoms with E-state index in [0.717, 1.165) is 0 Å². The topological polar surface area (TPSA) is 179 Å². The number of carbonyl (C=O) groups excluding carboxylic acids is 4. The van der Waals surface area contributed by atoms with Crippen LogP contribution >= 0.6 is 22.9 Å². The molecule has 4 aliphatic heterocycles. The summed E-state index contributed by atoms with van der Waals surface area (Å²) in [4.78, 5) is 57.7. The summed E-state index contributed by atoms with van der Waals surface area (Å²) in [6.45, 7) is 30.4. The molecule has 3 N–H and O–H groups in total. The van der Waals surface area contributed by atoms with Gasteiger partial charge in [0.05, 0.1) is 24.7 Å². The molecule has 2 atom stereocenters. The Morgan fingerprint density at radius 2 is 0.633 bits per heavy atom.